The first-order chi connectivity index (χ1) is 14.9. The number of nitrogens with zero attached hydrogens (tertiary/aromatic N) is 2. The number of halogens is 1. The third-order valence-electron chi connectivity index (χ3n) is 5.29. The van der Waals surface area contributed by atoms with E-state index in [1.165, 1.54) is 10.4 Å². The lowest BCUT2D eigenvalue weighted by Crippen LogP contribution is -2.40. The van der Waals surface area contributed by atoms with Gasteiger partial charge in [-0.1, -0.05) is 0 Å². The molecule has 0 unspecified atom stereocenters. The van der Waals surface area contributed by atoms with Crippen molar-refractivity contribution in [2.75, 3.05) is 43.1 Å². The van der Waals surface area contributed by atoms with Crippen LogP contribution in [0, 0.1) is 5.82 Å². The van der Waals surface area contributed by atoms with Crippen LogP contribution in [0.3, 0.4) is 0 Å². The average molecular weight is 447 g/mol. The molecule has 31 heavy (non-hydrogen) atoms. The summed E-state index contributed by atoms with van der Waals surface area (Å²) in [5, 5.41) is 2.60. The zero-order valence-corrected chi connectivity index (χ0v) is 17.5. The molecule has 2 aromatic rings. The molecular weight excluding hydrogens is 425 g/mol. The molecule has 0 aromatic heterocycles. The first-order valence-corrected chi connectivity index (χ1v) is 11.4. The van der Waals surface area contributed by atoms with Gasteiger partial charge in [0.2, 0.25) is 15.9 Å². The molecule has 0 atom stereocenters. The Hall–Kier alpha value is -2.82. The normalized spacial score (nSPS) is 17.7. The number of carbonyl (C=O) groups excluding carboxylic acids is 2. The molecule has 0 saturated carbocycles. The number of hydrogen-bond acceptors (Lipinski definition) is 5. The molecule has 2 heterocycles. The van der Waals surface area contributed by atoms with Crippen LogP contribution >= 0.6 is 0 Å². The highest BCUT2D eigenvalue weighted by molar-refractivity contribution is 7.89. The molecule has 2 amide bonds. The van der Waals surface area contributed by atoms with Crippen LogP contribution < -0.4 is 10.2 Å². The molecule has 0 spiro atoms. The van der Waals surface area contributed by atoms with E-state index in [0.29, 0.717) is 18.5 Å². The van der Waals surface area contributed by atoms with Crippen molar-refractivity contribution in [3.05, 3.63) is 53.8 Å². The zero-order chi connectivity index (χ0) is 22.0. The number of rotatable bonds is 5. The van der Waals surface area contributed by atoms with Crippen LogP contribution in [0.15, 0.2) is 47.4 Å². The molecule has 164 valence electrons. The Bertz CT molecular complexity index is 1100. The van der Waals surface area contributed by atoms with E-state index in [9.17, 15) is 22.4 Å². The number of amides is 2. The zero-order valence-electron chi connectivity index (χ0n) is 16.7. The smallest absolute Gasteiger partial charge is 0.255 e. The Morgan fingerprint density at radius 2 is 1.74 bits per heavy atom. The quantitative estimate of drug-likeness (QED) is 0.758. The third kappa shape index (κ3) is 4.46. The molecule has 0 bridgehead atoms. The summed E-state index contributed by atoms with van der Waals surface area (Å²) in [5.41, 5.74) is 1.22. The largest absolute Gasteiger partial charge is 0.379 e. The van der Waals surface area contributed by atoms with Gasteiger partial charge in [-0.25, -0.2) is 12.8 Å². The van der Waals surface area contributed by atoms with Gasteiger partial charge in [0.1, 0.15) is 10.7 Å². The van der Waals surface area contributed by atoms with Gasteiger partial charge in [0.05, 0.1) is 13.2 Å². The van der Waals surface area contributed by atoms with E-state index in [1.807, 2.05) is 0 Å². The maximum atomic E-state index is 14.3. The fourth-order valence-electron chi connectivity index (χ4n) is 3.62. The molecule has 8 nitrogen and oxygen atoms in total. The number of ether oxygens (including phenoxy) is 1. The summed E-state index contributed by atoms with van der Waals surface area (Å²) in [7, 11) is -4.05. The minimum atomic E-state index is -4.05. The maximum Gasteiger partial charge on any atom is 0.255 e. The van der Waals surface area contributed by atoms with Crippen LogP contribution in [0.4, 0.5) is 15.8 Å². The number of anilines is 2. The van der Waals surface area contributed by atoms with Gasteiger partial charge in [-0.05, 0) is 48.9 Å². The van der Waals surface area contributed by atoms with Gasteiger partial charge in [0, 0.05) is 43.0 Å². The average Bonchev–Trinajstić information content (AvgIpc) is 3.21. The van der Waals surface area contributed by atoms with Crippen LogP contribution in [-0.2, 0) is 19.6 Å². The van der Waals surface area contributed by atoms with Gasteiger partial charge in [0.25, 0.3) is 5.91 Å². The van der Waals surface area contributed by atoms with E-state index in [-0.39, 0.29) is 37.9 Å². The number of hydrogen-bond donors (Lipinski definition) is 1. The number of benzene rings is 2. The van der Waals surface area contributed by atoms with Gasteiger partial charge < -0.3 is 15.0 Å². The van der Waals surface area contributed by atoms with E-state index in [1.54, 1.807) is 29.2 Å². The summed E-state index contributed by atoms with van der Waals surface area (Å²) < 4.78 is 46.2. The lowest BCUT2D eigenvalue weighted by atomic mass is 10.1. The molecule has 2 fully saturated rings. The Kier molecular flexibility index (Phi) is 6.03. The molecule has 2 aliphatic rings. The van der Waals surface area contributed by atoms with Crippen LogP contribution in [0.5, 0.6) is 0 Å². The van der Waals surface area contributed by atoms with Gasteiger partial charge in [0.15, 0.2) is 0 Å². The monoisotopic (exact) mass is 447 g/mol. The molecule has 4 rings (SSSR count). The van der Waals surface area contributed by atoms with Crippen molar-refractivity contribution >= 4 is 33.2 Å². The Balaban J connectivity index is 1.51. The summed E-state index contributed by atoms with van der Waals surface area (Å²) in [6.07, 6.45) is 1.32. The minimum Gasteiger partial charge on any atom is -0.379 e. The fraction of sp³-hybridized carbons (Fsp3) is 0.333. The summed E-state index contributed by atoms with van der Waals surface area (Å²) in [5.74, 6) is -1.30. The SMILES string of the molecule is O=C(Nc1ccc(F)c(S(=O)(=O)N2CCOCC2)c1)c1ccc(N2CCCC2=O)cc1. The van der Waals surface area contributed by atoms with Crippen molar-refractivity contribution in [3.63, 3.8) is 0 Å². The molecule has 0 aliphatic carbocycles. The van der Waals surface area contributed by atoms with Crippen LogP contribution in [0.1, 0.15) is 23.2 Å². The lowest BCUT2D eigenvalue weighted by molar-refractivity contribution is -0.117. The fourth-order valence-corrected chi connectivity index (χ4v) is 5.12. The Morgan fingerprint density at radius 1 is 1.03 bits per heavy atom. The first-order valence-electron chi connectivity index (χ1n) is 9.95. The number of morpholine rings is 1. The summed E-state index contributed by atoms with van der Waals surface area (Å²) >= 11 is 0. The number of sulfonamides is 1. The summed E-state index contributed by atoms with van der Waals surface area (Å²) in [6, 6.07) is 10.0. The Labute approximate surface area is 179 Å². The minimum absolute atomic E-state index is 0.0533. The van der Waals surface area contributed by atoms with Crippen molar-refractivity contribution in [3.8, 4) is 0 Å². The van der Waals surface area contributed by atoms with Crippen molar-refractivity contribution in [2.45, 2.75) is 17.7 Å². The molecule has 2 aromatic carbocycles. The number of carbonyl (C=O) groups is 2. The highest BCUT2D eigenvalue weighted by atomic mass is 32.2. The molecule has 2 saturated heterocycles. The van der Waals surface area contributed by atoms with Crippen molar-refractivity contribution in [1.82, 2.24) is 4.31 Å². The predicted molar refractivity (Wildman–Crippen MR) is 112 cm³/mol. The van der Waals surface area contributed by atoms with Crippen LogP contribution in [0.2, 0.25) is 0 Å². The summed E-state index contributed by atoms with van der Waals surface area (Å²) in [6.45, 7) is 1.43. The molecule has 1 N–H and O–H groups in total. The molecule has 2 aliphatic heterocycles. The standard InChI is InChI=1S/C21H22FN3O5S/c22-18-8-5-16(14-19(18)31(28,29)24-10-12-30-13-11-24)23-21(27)15-3-6-17(7-4-15)25-9-1-2-20(25)26/h3-8,14H,1-2,9-13H2,(H,23,27). The second-order valence-corrected chi connectivity index (χ2v) is 9.22. The highest BCUT2D eigenvalue weighted by Crippen LogP contribution is 2.25. The second-order valence-electron chi connectivity index (χ2n) is 7.31. The Morgan fingerprint density at radius 3 is 2.39 bits per heavy atom. The van der Waals surface area contributed by atoms with Gasteiger partial charge >= 0.3 is 0 Å². The van der Waals surface area contributed by atoms with Crippen molar-refractivity contribution in [1.29, 1.82) is 0 Å². The van der Waals surface area contributed by atoms with E-state index in [4.69, 9.17) is 4.74 Å². The highest BCUT2D eigenvalue weighted by Gasteiger charge is 2.29. The number of nitrogens with one attached hydrogen (secondary N) is 1. The van der Waals surface area contributed by atoms with Gasteiger partial charge in [-0.3, -0.25) is 9.59 Å². The second kappa shape index (κ2) is 8.74. The third-order valence-corrected chi connectivity index (χ3v) is 7.21. The molecule has 0 radical (unpaired) electrons. The predicted octanol–water partition coefficient (Wildman–Crippen LogP) is 2.23. The van der Waals surface area contributed by atoms with Crippen molar-refractivity contribution in [2.24, 2.45) is 0 Å². The van der Waals surface area contributed by atoms with E-state index in [2.05, 4.69) is 5.32 Å². The van der Waals surface area contributed by atoms with Gasteiger partial charge in [-0.2, -0.15) is 4.31 Å². The van der Waals surface area contributed by atoms with Gasteiger partial charge in [-0.15, -0.1) is 0 Å². The van der Waals surface area contributed by atoms with E-state index in [0.717, 1.165) is 24.2 Å². The van der Waals surface area contributed by atoms with E-state index < -0.39 is 26.6 Å². The van der Waals surface area contributed by atoms with E-state index >= 15 is 0 Å². The van der Waals surface area contributed by atoms with Crippen LogP contribution in [-0.4, -0.2) is 57.4 Å². The maximum absolute atomic E-state index is 14.3. The van der Waals surface area contributed by atoms with Crippen LogP contribution in [0.25, 0.3) is 0 Å². The first kappa shape index (κ1) is 21.4. The lowest BCUT2D eigenvalue weighted by Gasteiger charge is -2.26. The molecular formula is C21H22FN3O5S. The molecule has 10 heteroatoms. The topological polar surface area (TPSA) is 96.0 Å². The summed E-state index contributed by atoms with van der Waals surface area (Å²) in [4.78, 5) is 25.6. The van der Waals surface area contributed by atoms with Crippen molar-refractivity contribution < 1.29 is 27.1 Å².